The predicted molar refractivity (Wildman–Crippen MR) is 86.6 cm³/mol. The SMILES string of the molecule is COc1ccc2c(CCN)c([C@H](C)C(=O)O)ccc2c1.Cl. The number of carboxylic acids is 1. The van der Waals surface area contributed by atoms with Crippen LogP contribution >= 0.6 is 12.4 Å². The molecule has 0 radical (unpaired) electrons. The number of methoxy groups -OCH3 is 1. The molecule has 2 rings (SSSR count). The molecule has 0 bridgehead atoms. The van der Waals surface area contributed by atoms with E-state index >= 15 is 0 Å². The first kappa shape index (κ1) is 17.3. The van der Waals surface area contributed by atoms with Crippen LogP contribution in [0.2, 0.25) is 0 Å². The van der Waals surface area contributed by atoms with Crippen molar-refractivity contribution in [3.8, 4) is 5.75 Å². The lowest BCUT2D eigenvalue weighted by molar-refractivity contribution is -0.138. The Morgan fingerprint density at radius 3 is 2.62 bits per heavy atom. The first-order valence-electron chi connectivity index (χ1n) is 6.61. The molecule has 4 nitrogen and oxygen atoms in total. The Hall–Kier alpha value is -1.78. The quantitative estimate of drug-likeness (QED) is 0.890. The number of benzene rings is 2. The molecule has 0 aliphatic carbocycles. The van der Waals surface area contributed by atoms with Crippen LogP contribution in [0.3, 0.4) is 0 Å². The van der Waals surface area contributed by atoms with Gasteiger partial charge < -0.3 is 15.6 Å². The highest BCUT2D eigenvalue weighted by Crippen LogP contribution is 2.30. The summed E-state index contributed by atoms with van der Waals surface area (Å²) in [5, 5.41) is 11.3. The summed E-state index contributed by atoms with van der Waals surface area (Å²) in [6.07, 6.45) is 0.663. The summed E-state index contributed by atoms with van der Waals surface area (Å²) in [4.78, 5) is 11.2. The van der Waals surface area contributed by atoms with Crippen molar-refractivity contribution in [3.05, 3.63) is 41.5 Å². The van der Waals surface area contributed by atoms with E-state index in [0.29, 0.717) is 13.0 Å². The van der Waals surface area contributed by atoms with Crippen LogP contribution in [0.5, 0.6) is 5.75 Å². The van der Waals surface area contributed by atoms with Crippen molar-refractivity contribution in [2.45, 2.75) is 19.3 Å². The number of nitrogens with two attached hydrogens (primary N) is 1. The van der Waals surface area contributed by atoms with Gasteiger partial charge in [-0.2, -0.15) is 0 Å². The number of carbonyl (C=O) groups is 1. The molecule has 0 unspecified atom stereocenters. The lowest BCUT2D eigenvalue weighted by Crippen LogP contribution is -2.13. The minimum atomic E-state index is -0.823. The topological polar surface area (TPSA) is 72.5 Å². The maximum absolute atomic E-state index is 11.2. The van der Waals surface area contributed by atoms with Gasteiger partial charge in [0.15, 0.2) is 0 Å². The van der Waals surface area contributed by atoms with E-state index in [1.165, 1.54) is 0 Å². The molecule has 0 aromatic heterocycles. The van der Waals surface area contributed by atoms with E-state index < -0.39 is 11.9 Å². The van der Waals surface area contributed by atoms with Gasteiger partial charge in [-0.05, 0) is 53.9 Å². The summed E-state index contributed by atoms with van der Waals surface area (Å²) < 4.78 is 5.22. The van der Waals surface area contributed by atoms with Crippen LogP contribution in [0, 0.1) is 0 Å². The zero-order valence-electron chi connectivity index (χ0n) is 12.1. The summed E-state index contributed by atoms with van der Waals surface area (Å²) in [5.41, 5.74) is 7.53. The standard InChI is InChI=1S/C16H19NO3.ClH/c1-10(16(18)19)13-5-3-11-9-12(20-2)4-6-14(11)15(13)7-8-17;/h3-6,9-10H,7-8,17H2,1-2H3,(H,18,19);1H/t10-;/m0./s1. The molecule has 1 atom stereocenters. The number of rotatable bonds is 5. The van der Waals surface area contributed by atoms with Gasteiger partial charge in [0.1, 0.15) is 5.75 Å². The van der Waals surface area contributed by atoms with Crippen molar-refractivity contribution < 1.29 is 14.6 Å². The highest BCUT2D eigenvalue weighted by atomic mass is 35.5. The van der Waals surface area contributed by atoms with Gasteiger partial charge in [0, 0.05) is 0 Å². The molecule has 0 saturated carbocycles. The Morgan fingerprint density at radius 2 is 2.05 bits per heavy atom. The summed E-state index contributed by atoms with van der Waals surface area (Å²) in [7, 11) is 1.63. The summed E-state index contributed by atoms with van der Waals surface area (Å²) in [6, 6.07) is 9.62. The van der Waals surface area contributed by atoms with Crippen LogP contribution in [-0.2, 0) is 11.2 Å². The fourth-order valence-electron chi connectivity index (χ4n) is 2.48. The Kier molecular flexibility index (Phi) is 6.00. The molecule has 0 spiro atoms. The molecule has 5 heteroatoms. The van der Waals surface area contributed by atoms with E-state index in [-0.39, 0.29) is 12.4 Å². The zero-order valence-corrected chi connectivity index (χ0v) is 12.9. The van der Waals surface area contributed by atoms with E-state index in [4.69, 9.17) is 10.5 Å². The fraction of sp³-hybridized carbons (Fsp3) is 0.312. The highest BCUT2D eigenvalue weighted by molar-refractivity contribution is 5.90. The molecular weight excluding hydrogens is 290 g/mol. The fourth-order valence-corrected chi connectivity index (χ4v) is 2.48. The van der Waals surface area contributed by atoms with Gasteiger partial charge in [-0.25, -0.2) is 0 Å². The lowest BCUT2D eigenvalue weighted by atomic mass is 9.89. The van der Waals surface area contributed by atoms with E-state index in [2.05, 4.69) is 0 Å². The normalized spacial score (nSPS) is 11.8. The Balaban J connectivity index is 0.00000220. The molecule has 2 aromatic rings. The van der Waals surface area contributed by atoms with Gasteiger partial charge in [-0.3, -0.25) is 4.79 Å². The maximum Gasteiger partial charge on any atom is 0.310 e. The first-order chi connectivity index (χ1) is 9.58. The maximum atomic E-state index is 11.2. The van der Waals surface area contributed by atoms with Crippen molar-refractivity contribution in [2.24, 2.45) is 5.73 Å². The van der Waals surface area contributed by atoms with E-state index in [1.807, 2.05) is 30.3 Å². The van der Waals surface area contributed by atoms with E-state index in [0.717, 1.165) is 27.6 Å². The number of hydrogen-bond acceptors (Lipinski definition) is 3. The second-order valence-electron chi connectivity index (χ2n) is 4.82. The van der Waals surface area contributed by atoms with Crippen LogP contribution in [0.25, 0.3) is 10.8 Å². The number of ether oxygens (including phenoxy) is 1. The van der Waals surface area contributed by atoms with Gasteiger partial charge in [0.05, 0.1) is 13.0 Å². The lowest BCUT2D eigenvalue weighted by Gasteiger charge is -2.16. The molecule has 0 saturated heterocycles. The number of hydrogen-bond donors (Lipinski definition) is 2. The second kappa shape index (κ2) is 7.29. The monoisotopic (exact) mass is 309 g/mol. The number of carboxylic acid groups (broad SMARTS) is 1. The third-order valence-electron chi connectivity index (χ3n) is 3.61. The Labute approximate surface area is 130 Å². The minimum Gasteiger partial charge on any atom is -0.497 e. The summed E-state index contributed by atoms with van der Waals surface area (Å²) in [6.45, 7) is 2.19. The van der Waals surface area contributed by atoms with Gasteiger partial charge in [-0.15, -0.1) is 12.4 Å². The molecule has 21 heavy (non-hydrogen) atoms. The number of aliphatic carboxylic acids is 1. The van der Waals surface area contributed by atoms with Gasteiger partial charge >= 0.3 is 5.97 Å². The summed E-state index contributed by atoms with van der Waals surface area (Å²) >= 11 is 0. The van der Waals surface area contributed by atoms with Crippen LogP contribution in [0.4, 0.5) is 0 Å². The van der Waals surface area contributed by atoms with Gasteiger partial charge in [-0.1, -0.05) is 18.2 Å². The molecule has 0 aliphatic rings. The molecule has 114 valence electrons. The van der Waals surface area contributed by atoms with E-state index in [9.17, 15) is 9.90 Å². The van der Waals surface area contributed by atoms with Crippen LogP contribution in [0.15, 0.2) is 30.3 Å². The van der Waals surface area contributed by atoms with Crippen molar-refractivity contribution in [2.75, 3.05) is 13.7 Å². The molecule has 0 aliphatic heterocycles. The number of halogens is 1. The largest absolute Gasteiger partial charge is 0.497 e. The average molecular weight is 310 g/mol. The third-order valence-corrected chi connectivity index (χ3v) is 3.61. The van der Waals surface area contributed by atoms with Gasteiger partial charge in [0.2, 0.25) is 0 Å². The second-order valence-corrected chi connectivity index (χ2v) is 4.82. The minimum absolute atomic E-state index is 0. The van der Waals surface area contributed by atoms with Crippen LogP contribution in [-0.4, -0.2) is 24.7 Å². The van der Waals surface area contributed by atoms with Crippen molar-refractivity contribution in [1.29, 1.82) is 0 Å². The summed E-state index contributed by atoms with van der Waals surface area (Å²) in [5.74, 6) is -0.575. The third kappa shape index (κ3) is 3.46. The van der Waals surface area contributed by atoms with Crippen molar-refractivity contribution in [3.63, 3.8) is 0 Å². The van der Waals surface area contributed by atoms with Crippen LogP contribution < -0.4 is 10.5 Å². The molecule has 0 amide bonds. The highest BCUT2D eigenvalue weighted by Gasteiger charge is 2.18. The van der Waals surface area contributed by atoms with Crippen LogP contribution in [0.1, 0.15) is 24.0 Å². The molecule has 2 aromatic carbocycles. The number of fused-ring (bicyclic) bond motifs is 1. The Bertz CT molecular complexity index is 643. The Morgan fingerprint density at radius 1 is 1.33 bits per heavy atom. The van der Waals surface area contributed by atoms with Crippen molar-refractivity contribution in [1.82, 2.24) is 0 Å². The van der Waals surface area contributed by atoms with Gasteiger partial charge in [0.25, 0.3) is 0 Å². The molecular formula is C16H20ClNO3. The smallest absolute Gasteiger partial charge is 0.310 e. The molecule has 0 heterocycles. The first-order valence-corrected chi connectivity index (χ1v) is 6.61. The molecule has 0 fully saturated rings. The van der Waals surface area contributed by atoms with Crippen molar-refractivity contribution >= 4 is 29.1 Å². The predicted octanol–water partition coefficient (Wildman–Crippen LogP) is 2.96. The zero-order chi connectivity index (χ0) is 14.7. The van der Waals surface area contributed by atoms with E-state index in [1.54, 1.807) is 14.0 Å². The molecule has 3 N–H and O–H groups in total. The average Bonchev–Trinajstić information content (AvgIpc) is 2.46.